The maximum absolute atomic E-state index is 13.3. The zero-order chi connectivity index (χ0) is 24.2. The van der Waals surface area contributed by atoms with Gasteiger partial charge in [-0.3, -0.25) is 4.79 Å². The summed E-state index contributed by atoms with van der Waals surface area (Å²) in [4.78, 5) is 13.3. The van der Waals surface area contributed by atoms with E-state index >= 15 is 0 Å². The number of carbonyl (C=O) groups excluding carboxylic acids is 1. The molecule has 5 rings (SSSR count). The molecule has 0 spiro atoms. The fourth-order valence-electron chi connectivity index (χ4n) is 4.06. The summed E-state index contributed by atoms with van der Waals surface area (Å²) in [6.45, 7) is 2.50. The molecule has 1 saturated carbocycles. The van der Waals surface area contributed by atoms with Crippen molar-refractivity contribution < 1.29 is 33.2 Å². The topological polar surface area (TPSA) is 79.0 Å². The normalized spacial score (nSPS) is 23.3. The molecule has 2 aliphatic heterocycles. The molecule has 35 heavy (non-hydrogen) atoms. The SMILES string of the molecule is COc1cc(/C=C2/CCC/C(=C\c3ccc(OCC4CO4)c(OC)c3)C2=O)ccc1OCC1CO1. The third-order valence-corrected chi connectivity index (χ3v) is 6.19. The van der Waals surface area contributed by atoms with Gasteiger partial charge in [-0.05, 0) is 66.8 Å². The van der Waals surface area contributed by atoms with Crippen molar-refractivity contribution in [1.82, 2.24) is 0 Å². The lowest BCUT2D eigenvalue weighted by molar-refractivity contribution is -0.112. The van der Waals surface area contributed by atoms with Crippen LogP contribution < -0.4 is 18.9 Å². The second-order valence-electron chi connectivity index (χ2n) is 8.88. The van der Waals surface area contributed by atoms with Crippen LogP contribution in [0.15, 0.2) is 47.5 Å². The Bertz CT molecular complexity index is 1050. The Balaban J connectivity index is 1.31. The van der Waals surface area contributed by atoms with Crippen LogP contribution in [0.2, 0.25) is 0 Å². The second-order valence-corrected chi connectivity index (χ2v) is 8.88. The molecule has 2 aromatic rings. The Labute approximate surface area is 205 Å². The summed E-state index contributed by atoms with van der Waals surface area (Å²) in [7, 11) is 3.23. The number of epoxide rings is 2. The summed E-state index contributed by atoms with van der Waals surface area (Å²) in [5.41, 5.74) is 3.40. The lowest BCUT2D eigenvalue weighted by atomic mass is 9.87. The molecule has 0 aromatic heterocycles. The van der Waals surface area contributed by atoms with Gasteiger partial charge in [0.05, 0.1) is 27.4 Å². The molecule has 0 N–H and O–H groups in total. The van der Waals surface area contributed by atoms with Gasteiger partial charge in [0.2, 0.25) is 0 Å². The van der Waals surface area contributed by atoms with Gasteiger partial charge in [-0.2, -0.15) is 0 Å². The number of ether oxygens (including phenoxy) is 6. The van der Waals surface area contributed by atoms with Crippen LogP contribution in [0.3, 0.4) is 0 Å². The minimum atomic E-state index is 0.0756. The van der Waals surface area contributed by atoms with Crippen molar-refractivity contribution in [2.75, 3.05) is 40.6 Å². The average molecular weight is 479 g/mol. The van der Waals surface area contributed by atoms with Gasteiger partial charge in [-0.15, -0.1) is 0 Å². The lowest BCUT2D eigenvalue weighted by Crippen LogP contribution is -2.12. The van der Waals surface area contributed by atoms with Gasteiger partial charge >= 0.3 is 0 Å². The van der Waals surface area contributed by atoms with E-state index in [1.165, 1.54) is 0 Å². The molecular formula is C28H30O7. The minimum Gasteiger partial charge on any atom is -0.493 e. The van der Waals surface area contributed by atoms with E-state index in [1.54, 1.807) is 14.2 Å². The van der Waals surface area contributed by atoms with Crippen molar-refractivity contribution in [1.29, 1.82) is 0 Å². The molecule has 3 aliphatic rings. The third kappa shape index (κ3) is 6.05. The Morgan fingerprint density at radius 1 is 0.771 bits per heavy atom. The van der Waals surface area contributed by atoms with Gasteiger partial charge in [-0.1, -0.05) is 12.1 Å². The molecule has 2 aromatic carbocycles. The highest BCUT2D eigenvalue weighted by molar-refractivity contribution is 6.14. The average Bonchev–Trinajstić information content (AvgIpc) is 3.80. The number of Topliss-reactive ketones (excluding diaryl/α,β-unsaturated/α-hetero) is 1. The highest BCUT2D eigenvalue weighted by atomic mass is 16.6. The van der Waals surface area contributed by atoms with E-state index in [1.807, 2.05) is 48.6 Å². The van der Waals surface area contributed by atoms with Crippen molar-refractivity contribution in [3.63, 3.8) is 0 Å². The molecular weight excluding hydrogens is 448 g/mol. The van der Waals surface area contributed by atoms with Crippen molar-refractivity contribution in [3.8, 4) is 23.0 Å². The summed E-state index contributed by atoms with van der Waals surface area (Å²) < 4.78 is 33.0. The van der Waals surface area contributed by atoms with Gasteiger partial charge in [0.25, 0.3) is 0 Å². The summed E-state index contributed by atoms with van der Waals surface area (Å²) in [6.07, 6.45) is 6.65. The molecule has 3 fully saturated rings. The van der Waals surface area contributed by atoms with E-state index in [-0.39, 0.29) is 18.0 Å². The molecule has 2 atom stereocenters. The number of methoxy groups -OCH3 is 2. The van der Waals surface area contributed by atoms with Crippen molar-refractivity contribution in [2.24, 2.45) is 0 Å². The first-order valence-corrected chi connectivity index (χ1v) is 11.9. The van der Waals surface area contributed by atoms with Gasteiger partial charge in [0.15, 0.2) is 28.8 Å². The summed E-state index contributed by atoms with van der Waals surface area (Å²) >= 11 is 0. The van der Waals surface area contributed by atoms with Crippen LogP contribution >= 0.6 is 0 Å². The van der Waals surface area contributed by atoms with Crippen LogP contribution in [0, 0.1) is 0 Å². The second kappa shape index (κ2) is 10.5. The third-order valence-electron chi connectivity index (χ3n) is 6.19. The summed E-state index contributed by atoms with van der Waals surface area (Å²) in [5.74, 6) is 2.70. The first-order valence-electron chi connectivity index (χ1n) is 11.9. The zero-order valence-electron chi connectivity index (χ0n) is 20.1. The molecule has 7 heteroatoms. The number of ketones is 1. The van der Waals surface area contributed by atoms with Crippen LogP contribution in [-0.4, -0.2) is 58.6 Å². The standard InChI is InChI=1S/C28H30O7/c1-30-26-12-18(6-8-24(26)34-16-22-14-32-22)10-20-4-3-5-21(28(20)29)11-19-7-9-25(27(13-19)31-2)35-17-23-15-33-23/h6-13,22-23H,3-5,14-17H2,1-2H3/b20-10-,21-11+. The van der Waals surface area contributed by atoms with Crippen LogP contribution in [0.5, 0.6) is 23.0 Å². The van der Waals surface area contributed by atoms with E-state index in [4.69, 9.17) is 28.4 Å². The number of rotatable bonds is 10. The largest absolute Gasteiger partial charge is 0.493 e. The fraction of sp³-hybridized carbons (Fsp3) is 0.393. The zero-order valence-corrected chi connectivity index (χ0v) is 20.1. The highest BCUT2D eigenvalue weighted by Crippen LogP contribution is 2.34. The van der Waals surface area contributed by atoms with Crippen molar-refractivity contribution in [2.45, 2.75) is 31.5 Å². The first kappa shape index (κ1) is 23.5. The fourth-order valence-corrected chi connectivity index (χ4v) is 4.06. The van der Waals surface area contributed by atoms with Crippen LogP contribution in [-0.2, 0) is 14.3 Å². The number of carbonyl (C=O) groups is 1. The van der Waals surface area contributed by atoms with E-state index < -0.39 is 0 Å². The van der Waals surface area contributed by atoms with Gasteiger partial charge in [0, 0.05) is 11.1 Å². The Hall–Kier alpha value is -3.29. The number of hydrogen-bond acceptors (Lipinski definition) is 7. The van der Waals surface area contributed by atoms with E-state index in [2.05, 4.69) is 0 Å². The first-order chi connectivity index (χ1) is 17.1. The molecule has 1 aliphatic carbocycles. The Morgan fingerprint density at radius 3 is 1.63 bits per heavy atom. The van der Waals surface area contributed by atoms with E-state index in [0.29, 0.717) is 36.2 Å². The Kier molecular flexibility index (Phi) is 7.06. The molecule has 0 amide bonds. The smallest absolute Gasteiger partial charge is 0.185 e. The number of allylic oxidation sites excluding steroid dienone is 2. The predicted molar refractivity (Wildman–Crippen MR) is 131 cm³/mol. The van der Waals surface area contributed by atoms with E-state index in [9.17, 15) is 4.79 Å². The quantitative estimate of drug-likeness (QED) is 0.368. The van der Waals surface area contributed by atoms with E-state index in [0.717, 1.165) is 54.7 Å². The monoisotopic (exact) mass is 478 g/mol. The summed E-state index contributed by atoms with van der Waals surface area (Å²) in [6, 6.07) is 11.4. The maximum Gasteiger partial charge on any atom is 0.185 e. The molecule has 7 nitrogen and oxygen atoms in total. The Morgan fingerprint density at radius 2 is 1.23 bits per heavy atom. The predicted octanol–water partition coefficient (Wildman–Crippen LogP) is 4.48. The van der Waals surface area contributed by atoms with Gasteiger partial charge in [0.1, 0.15) is 25.4 Å². The van der Waals surface area contributed by atoms with Gasteiger partial charge in [-0.25, -0.2) is 0 Å². The molecule has 2 heterocycles. The van der Waals surface area contributed by atoms with Crippen molar-refractivity contribution in [3.05, 3.63) is 58.7 Å². The molecule has 2 saturated heterocycles. The number of benzene rings is 2. The molecule has 184 valence electrons. The van der Waals surface area contributed by atoms with Crippen LogP contribution in [0.1, 0.15) is 30.4 Å². The minimum absolute atomic E-state index is 0.0756. The highest BCUT2D eigenvalue weighted by Gasteiger charge is 2.25. The van der Waals surface area contributed by atoms with Crippen LogP contribution in [0.4, 0.5) is 0 Å². The summed E-state index contributed by atoms with van der Waals surface area (Å²) in [5, 5.41) is 0. The molecule has 0 radical (unpaired) electrons. The van der Waals surface area contributed by atoms with Gasteiger partial charge < -0.3 is 28.4 Å². The maximum atomic E-state index is 13.3. The number of hydrogen-bond donors (Lipinski definition) is 0. The lowest BCUT2D eigenvalue weighted by Gasteiger charge is -2.17. The van der Waals surface area contributed by atoms with Crippen LogP contribution in [0.25, 0.3) is 12.2 Å². The molecule has 2 unspecified atom stereocenters. The molecule has 0 bridgehead atoms. The van der Waals surface area contributed by atoms with Crippen molar-refractivity contribution >= 4 is 17.9 Å².